The summed E-state index contributed by atoms with van der Waals surface area (Å²) in [5, 5.41) is 12.5. The average molecular weight is 314 g/mol. The number of anilines is 1. The Labute approximate surface area is 139 Å². The van der Waals surface area contributed by atoms with Gasteiger partial charge in [0.25, 0.3) is 0 Å². The summed E-state index contributed by atoms with van der Waals surface area (Å²) in [6, 6.07) is 21.6. The Bertz CT molecular complexity index is 952. The van der Waals surface area contributed by atoms with Crippen molar-refractivity contribution in [3.8, 4) is 17.5 Å². The second-order valence-corrected chi connectivity index (χ2v) is 5.51. The van der Waals surface area contributed by atoms with E-state index < -0.39 is 0 Å². The number of hydrogen-bond donors (Lipinski definition) is 2. The predicted molar refractivity (Wildman–Crippen MR) is 90.7 cm³/mol. The molecular weight excluding hydrogens is 300 g/mol. The molecule has 3 aromatic rings. The molecule has 116 valence electrons. The summed E-state index contributed by atoms with van der Waals surface area (Å²) in [5.74, 6) is 0.948. The number of benzene rings is 2. The second-order valence-electron chi connectivity index (χ2n) is 5.51. The fraction of sp³-hybridized carbons (Fsp3) is 0.0526. The first-order chi connectivity index (χ1) is 11.8. The number of allylic oxidation sites excluding steroid dienone is 1. The largest absolute Gasteiger partial charge is 0.420 e. The normalized spacial score (nSPS) is 16.2. The van der Waals surface area contributed by atoms with Crippen LogP contribution in [0.25, 0.3) is 11.5 Å². The number of nitrogens with two attached hydrogens (primary N) is 1. The lowest BCUT2D eigenvalue weighted by molar-refractivity contribution is 0.585. The Morgan fingerprint density at radius 1 is 1.04 bits per heavy atom. The Balaban J connectivity index is 1.88. The third-order valence-corrected chi connectivity index (χ3v) is 4.03. The molecule has 0 amide bonds. The third-order valence-electron chi connectivity index (χ3n) is 4.03. The molecule has 0 saturated heterocycles. The van der Waals surface area contributed by atoms with Gasteiger partial charge in [-0.15, -0.1) is 0 Å². The zero-order chi connectivity index (χ0) is 16.5. The van der Waals surface area contributed by atoms with Crippen LogP contribution in [0.1, 0.15) is 17.2 Å². The Hall–Kier alpha value is -3.52. The number of aromatic nitrogens is 1. The number of fused-ring (bicyclic) bond motifs is 1. The van der Waals surface area contributed by atoms with Crippen molar-refractivity contribution in [3.63, 3.8) is 0 Å². The lowest BCUT2D eigenvalue weighted by atomic mass is 9.87. The van der Waals surface area contributed by atoms with E-state index in [4.69, 9.17) is 10.2 Å². The van der Waals surface area contributed by atoms with Gasteiger partial charge in [0.15, 0.2) is 0 Å². The van der Waals surface area contributed by atoms with E-state index in [0.29, 0.717) is 28.9 Å². The van der Waals surface area contributed by atoms with Crippen LogP contribution in [-0.2, 0) is 0 Å². The highest BCUT2D eigenvalue weighted by Crippen LogP contribution is 2.41. The van der Waals surface area contributed by atoms with Crippen molar-refractivity contribution in [2.24, 2.45) is 5.73 Å². The summed E-state index contributed by atoms with van der Waals surface area (Å²) < 4.78 is 5.86. The molecule has 0 aliphatic carbocycles. The SMILES string of the molecule is N#CC1=C(N)Nc2oc(-c3ccccc3)nc2[C@H]1c1ccccc1. The summed E-state index contributed by atoms with van der Waals surface area (Å²) >= 11 is 0. The summed E-state index contributed by atoms with van der Waals surface area (Å²) in [6.07, 6.45) is 0. The van der Waals surface area contributed by atoms with Gasteiger partial charge in [0.05, 0.1) is 17.6 Å². The third kappa shape index (κ3) is 2.22. The van der Waals surface area contributed by atoms with Gasteiger partial charge in [-0.25, -0.2) is 4.98 Å². The van der Waals surface area contributed by atoms with Crippen molar-refractivity contribution in [2.75, 3.05) is 5.32 Å². The topological polar surface area (TPSA) is 87.9 Å². The van der Waals surface area contributed by atoms with Gasteiger partial charge in [0.1, 0.15) is 11.5 Å². The van der Waals surface area contributed by atoms with Crippen LogP contribution in [0.15, 0.2) is 76.5 Å². The van der Waals surface area contributed by atoms with Crippen molar-refractivity contribution in [1.82, 2.24) is 4.98 Å². The Kier molecular flexibility index (Phi) is 3.29. The van der Waals surface area contributed by atoms with Gasteiger partial charge < -0.3 is 15.5 Å². The maximum atomic E-state index is 9.56. The van der Waals surface area contributed by atoms with Crippen molar-refractivity contribution >= 4 is 5.88 Å². The number of oxazole rings is 1. The summed E-state index contributed by atoms with van der Waals surface area (Å²) in [5.41, 5.74) is 8.98. The molecule has 0 radical (unpaired) electrons. The molecule has 5 nitrogen and oxygen atoms in total. The van der Waals surface area contributed by atoms with Crippen molar-refractivity contribution in [2.45, 2.75) is 5.92 Å². The molecule has 3 N–H and O–H groups in total. The smallest absolute Gasteiger partial charge is 0.229 e. The van der Waals surface area contributed by atoms with E-state index in [1.807, 2.05) is 60.7 Å². The molecule has 24 heavy (non-hydrogen) atoms. The first-order valence-electron chi connectivity index (χ1n) is 7.56. The molecule has 1 aromatic heterocycles. The van der Waals surface area contributed by atoms with Crippen LogP contribution in [0.2, 0.25) is 0 Å². The maximum absolute atomic E-state index is 9.56. The van der Waals surface area contributed by atoms with Crippen LogP contribution in [0.3, 0.4) is 0 Å². The average Bonchev–Trinajstić information content (AvgIpc) is 3.05. The van der Waals surface area contributed by atoms with Crippen LogP contribution in [0.4, 0.5) is 5.88 Å². The molecule has 1 aliphatic heterocycles. The van der Waals surface area contributed by atoms with E-state index in [-0.39, 0.29) is 5.92 Å². The van der Waals surface area contributed by atoms with Crippen LogP contribution in [0.5, 0.6) is 0 Å². The van der Waals surface area contributed by atoms with Gasteiger partial charge in [-0.1, -0.05) is 48.5 Å². The molecule has 0 spiro atoms. The van der Waals surface area contributed by atoms with Gasteiger partial charge in [-0.2, -0.15) is 5.26 Å². The first kappa shape index (κ1) is 14.1. The molecule has 1 aliphatic rings. The van der Waals surface area contributed by atoms with E-state index in [0.717, 1.165) is 11.1 Å². The minimum absolute atomic E-state index is 0.301. The standard InChI is InChI=1S/C19H14N4O/c20-11-14-15(12-7-3-1-4-8-12)16-19(23-17(14)21)24-18(22-16)13-9-5-2-6-10-13/h1-10,15,23H,21H2/t15-/m0/s1. The van der Waals surface area contributed by atoms with Crippen LogP contribution in [-0.4, -0.2) is 4.98 Å². The Morgan fingerprint density at radius 2 is 1.71 bits per heavy atom. The number of rotatable bonds is 2. The summed E-state index contributed by atoms with van der Waals surface area (Å²) in [7, 11) is 0. The summed E-state index contributed by atoms with van der Waals surface area (Å²) in [6.45, 7) is 0. The van der Waals surface area contributed by atoms with Crippen molar-refractivity contribution in [1.29, 1.82) is 5.26 Å². The molecule has 2 aromatic carbocycles. The van der Waals surface area contributed by atoms with Crippen molar-refractivity contribution in [3.05, 3.63) is 83.3 Å². The van der Waals surface area contributed by atoms with Gasteiger partial charge in [-0.05, 0) is 17.7 Å². The molecule has 5 heteroatoms. The van der Waals surface area contributed by atoms with Crippen LogP contribution in [0, 0.1) is 11.3 Å². The van der Waals surface area contributed by atoms with Gasteiger partial charge in [-0.3, -0.25) is 0 Å². The predicted octanol–water partition coefficient (Wildman–Crippen LogP) is 3.59. The molecule has 1 atom stereocenters. The zero-order valence-electron chi connectivity index (χ0n) is 12.7. The minimum atomic E-state index is -0.339. The van der Waals surface area contributed by atoms with Crippen molar-refractivity contribution < 1.29 is 4.42 Å². The molecule has 0 saturated carbocycles. The number of hydrogen-bond acceptors (Lipinski definition) is 5. The highest BCUT2D eigenvalue weighted by molar-refractivity contribution is 5.65. The van der Waals surface area contributed by atoms with Crippen LogP contribution < -0.4 is 11.1 Å². The lowest BCUT2D eigenvalue weighted by Gasteiger charge is -2.22. The molecular formula is C19H14N4O. The van der Waals surface area contributed by atoms with Crippen LogP contribution >= 0.6 is 0 Å². The molecule has 4 rings (SSSR count). The Morgan fingerprint density at radius 3 is 2.38 bits per heavy atom. The highest BCUT2D eigenvalue weighted by atomic mass is 16.4. The quantitative estimate of drug-likeness (QED) is 0.754. The molecule has 0 bridgehead atoms. The zero-order valence-corrected chi connectivity index (χ0v) is 12.7. The van der Waals surface area contributed by atoms with Gasteiger partial charge >= 0.3 is 0 Å². The molecule has 2 heterocycles. The highest BCUT2D eigenvalue weighted by Gasteiger charge is 2.33. The molecule has 0 fully saturated rings. The maximum Gasteiger partial charge on any atom is 0.229 e. The van der Waals surface area contributed by atoms with E-state index in [2.05, 4.69) is 16.4 Å². The molecule has 0 unspecified atom stereocenters. The van der Waals surface area contributed by atoms with Gasteiger partial charge in [0, 0.05) is 5.56 Å². The number of nitriles is 1. The number of nitrogens with one attached hydrogen (secondary N) is 1. The van der Waals surface area contributed by atoms with E-state index in [1.165, 1.54) is 0 Å². The number of nitrogens with zero attached hydrogens (tertiary/aromatic N) is 2. The summed E-state index contributed by atoms with van der Waals surface area (Å²) in [4.78, 5) is 4.64. The minimum Gasteiger partial charge on any atom is -0.420 e. The van der Waals surface area contributed by atoms with E-state index in [9.17, 15) is 5.26 Å². The first-order valence-corrected chi connectivity index (χ1v) is 7.56. The van der Waals surface area contributed by atoms with E-state index >= 15 is 0 Å². The fourth-order valence-electron chi connectivity index (χ4n) is 2.90. The van der Waals surface area contributed by atoms with Gasteiger partial charge in [0.2, 0.25) is 11.8 Å². The van der Waals surface area contributed by atoms with E-state index in [1.54, 1.807) is 0 Å². The monoisotopic (exact) mass is 314 g/mol. The lowest BCUT2D eigenvalue weighted by Crippen LogP contribution is -2.22. The second kappa shape index (κ2) is 5.60. The fourth-order valence-corrected chi connectivity index (χ4v) is 2.90.